The summed E-state index contributed by atoms with van der Waals surface area (Å²) in [5, 5.41) is 3.50. The molecular formula is C18H28N2O2. The Morgan fingerprint density at radius 3 is 2.68 bits per heavy atom. The van der Waals surface area contributed by atoms with Crippen molar-refractivity contribution in [3.05, 3.63) is 42.5 Å². The summed E-state index contributed by atoms with van der Waals surface area (Å²) in [5.74, 6) is 0.897. The van der Waals surface area contributed by atoms with Crippen LogP contribution in [0.5, 0.6) is 5.75 Å². The third-order valence-corrected chi connectivity index (χ3v) is 3.80. The number of hydrogen-bond acceptors (Lipinski definition) is 4. The molecule has 0 unspecified atom stereocenters. The van der Waals surface area contributed by atoms with Crippen LogP contribution in [0.1, 0.15) is 18.4 Å². The maximum Gasteiger partial charge on any atom is 0.119 e. The first-order valence-corrected chi connectivity index (χ1v) is 8.22. The molecule has 0 aromatic heterocycles. The van der Waals surface area contributed by atoms with Crippen molar-refractivity contribution < 1.29 is 9.47 Å². The van der Waals surface area contributed by atoms with Gasteiger partial charge in [0.25, 0.3) is 0 Å². The summed E-state index contributed by atoms with van der Waals surface area (Å²) in [6.07, 6.45) is 4.23. The van der Waals surface area contributed by atoms with Crippen LogP contribution in [0.15, 0.2) is 36.9 Å². The molecule has 1 aliphatic rings. The third-order valence-electron chi connectivity index (χ3n) is 3.80. The number of nitrogens with zero attached hydrogens (tertiary/aromatic N) is 1. The van der Waals surface area contributed by atoms with Crippen molar-refractivity contribution in [1.29, 1.82) is 0 Å². The van der Waals surface area contributed by atoms with E-state index in [1.165, 1.54) is 24.9 Å². The van der Waals surface area contributed by atoms with E-state index in [0.29, 0.717) is 6.61 Å². The van der Waals surface area contributed by atoms with E-state index in [-0.39, 0.29) is 0 Å². The van der Waals surface area contributed by atoms with Crippen LogP contribution in [0, 0.1) is 0 Å². The van der Waals surface area contributed by atoms with E-state index in [1.54, 1.807) is 6.08 Å². The van der Waals surface area contributed by atoms with E-state index in [4.69, 9.17) is 9.47 Å². The lowest BCUT2D eigenvalue weighted by atomic mass is 10.2. The molecule has 1 heterocycles. The average Bonchev–Trinajstić information content (AvgIpc) is 2.58. The van der Waals surface area contributed by atoms with E-state index in [9.17, 15) is 0 Å². The minimum atomic E-state index is 0.556. The second-order valence-corrected chi connectivity index (χ2v) is 5.58. The van der Waals surface area contributed by atoms with Crippen molar-refractivity contribution in [3.8, 4) is 5.75 Å². The predicted molar refractivity (Wildman–Crippen MR) is 90.3 cm³/mol. The van der Waals surface area contributed by atoms with Gasteiger partial charge in [-0.1, -0.05) is 24.8 Å². The van der Waals surface area contributed by atoms with Gasteiger partial charge >= 0.3 is 0 Å². The normalized spacial score (nSPS) is 15.6. The molecule has 1 aliphatic heterocycles. The lowest BCUT2D eigenvalue weighted by Gasteiger charge is -2.26. The Labute approximate surface area is 134 Å². The largest absolute Gasteiger partial charge is 0.490 e. The zero-order valence-corrected chi connectivity index (χ0v) is 13.4. The summed E-state index contributed by atoms with van der Waals surface area (Å²) in [4.78, 5) is 2.49. The summed E-state index contributed by atoms with van der Waals surface area (Å²) in [7, 11) is 0. The zero-order valence-electron chi connectivity index (χ0n) is 13.4. The monoisotopic (exact) mass is 304 g/mol. The summed E-state index contributed by atoms with van der Waals surface area (Å²) >= 11 is 0. The molecule has 122 valence electrons. The first-order valence-electron chi connectivity index (χ1n) is 8.22. The molecule has 1 N–H and O–H groups in total. The smallest absolute Gasteiger partial charge is 0.119 e. The van der Waals surface area contributed by atoms with Crippen molar-refractivity contribution in [3.63, 3.8) is 0 Å². The van der Waals surface area contributed by atoms with Crippen molar-refractivity contribution in [2.24, 2.45) is 0 Å². The Hall–Kier alpha value is -1.36. The fourth-order valence-corrected chi connectivity index (χ4v) is 2.50. The number of unbranched alkanes of at least 4 members (excludes halogenated alkanes) is 1. The molecule has 1 saturated heterocycles. The van der Waals surface area contributed by atoms with E-state index < -0.39 is 0 Å². The molecule has 0 bridgehead atoms. The molecular weight excluding hydrogens is 276 g/mol. The van der Waals surface area contributed by atoms with Crippen LogP contribution in [-0.4, -0.2) is 50.9 Å². The molecule has 0 aliphatic carbocycles. The highest BCUT2D eigenvalue weighted by atomic mass is 16.5. The Morgan fingerprint density at radius 2 is 1.95 bits per heavy atom. The number of nitrogens with one attached hydrogen (secondary N) is 1. The summed E-state index contributed by atoms with van der Waals surface area (Å²) in [5.41, 5.74) is 1.29. The summed E-state index contributed by atoms with van der Waals surface area (Å²) in [6.45, 7) is 11.3. The Balaban J connectivity index is 1.51. The lowest BCUT2D eigenvalue weighted by Crippen LogP contribution is -2.37. The van der Waals surface area contributed by atoms with Crippen LogP contribution in [0.2, 0.25) is 0 Å². The molecule has 22 heavy (non-hydrogen) atoms. The van der Waals surface area contributed by atoms with Gasteiger partial charge in [-0.15, -0.1) is 0 Å². The fraction of sp³-hybridized carbons (Fsp3) is 0.556. The van der Waals surface area contributed by atoms with Gasteiger partial charge < -0.3 is 14.8 Å². The lowest BCUT2D eigenvalue weighted by molar-refractivity contribution is 0.0372. The minimum Gasteiger partial charge on any atom is -0.490 e. The molecule has 1 aromatic carbocycles. The fourth-order valence-electron chi connectivity index (χ4n) is 2.50. The average molecular weight is 304 g/mol. The number of morpholine rings is 1. The number of hydrogen-bond donors (Lipinski definition) is 1. The van der Waals surface area contributed by atoms with Crippen LogP contribution >= 0.6 is 0 Å². The highest BCUT2D eigenvalue weighted by Gasteiger charge is 2.08. The molecule has 0 amide bonds. The Kier molecular flexibility index (Phi) is 8.02. The summed E-state index contributed by atoms with van der Waals surface area (Å²) < 4.78 is 10.8. The highest BCUT2D eigenvalue weighted by molar-refractivity contribution is 5.27. The number of rotatable bonds is 10. The topological polar surface area (TPSA) is 33.7 Å². The number of ether oxygens (including phenoxy) is 2. The maximum absolute atomic E-state index is 5.47. The molecule has 1 fully saturated rings. The van der Waals surface area contributed by atoms with E-state index in [2.05, 4.69) is 28.9 Å². The van der Waals surface area contributed by atoms with E-state index >= 15 is 0 Å². The molecule has 4 heteroatoms. The minimum absolute atomic E-state index is 0.556. The number of benzene rings is 1. The maximum atomic E-state index is 5.47. The molecule has 1 aromatic rings. The van der Waals surface area contributed by atoms with Gasteiger partial charge in [-0.3, -0.25) is 4.90 Å². The van der Waals surface area contributed by atoms with E-state index in [0.717, 1.165) is 45.1 Å². The Morgan fingerprint density at radius 1 is 1.18 bits per heavy atom. The van der Waals surface area contributed by atoms with Gasteiger partial charge in [-0.05, 0) is 43.6 Å². The zero-order chi connectivity index (χ0) is 15.5. The summed E-state index contributed by atoms with van der Waals surface area (Å²) in [6, 6.07) is 8.25. The SMILES string of the molecule is C=CCOc1ccc(CNCCCCN2CCOCC2)cc1. The van der Waals surface area contributed by atoms with Crippen LogP contribution < -0.4 is 10.1 Å². The second-order valence-electron chi connectivity index (χ2n) is 5.58. The van der Waals surface area contributed by atoms with Gasteiger partial charge in [0.1, 0.15) is 12.4 Å². The second kappa shape index (κ2) is 10.4. The van der Waals surface area contributed by atoms with Gasteiger partial charge in [0.05, 0.1) is 13.2 Å². The molecule has 2 rings (SSSR count). The quantitative estimate of drug-likeness (QED) is 0.532. The van der Waals surface area contributed by atoms with Crippen molar-refractivity contribution in [2.45, 2.75) is 19.4 Å². The molecule has 0 radical (unpaired) electrons. The van der Waals surface area contributed by atoms with Crippen molar-refractivity contribution >= 4 is 0 Å². The van der Waals surface area contributed by atoms with Gasteiger partial charge in [0, 0.05) is 19.6 Å². The van der Waals surface area contributed by atoms with E-state index in [1.807, 2.05) is 12.1 Å². The standard InChI is InChI=1S/C18H28N2O2/c1-2-13-22-18-7-5-17(6-8-18)16-19-9-3-4-10-20-11-14-21-15-12-20/h2,5-8,19H,1,3-4,9-16H2. The molecule has 0 spiro atoms. The van der Waals surface area contributed by atoms with Gasteiger partial charge in [0.15, 0.2) is 0 Å². The predicted octanol–water partition coefficient (Wildman–Crippen LogP) is 2.45. The van der Waals surface area contributed by atoms with Crippen LogP contribution in [0.3, 0.4) is 0 Å². The van der Waals surface area contributed by atoms with Gasteiger partial charge in [-0.25, -0.2) is 0 Å². The van der Waals surface area contributed by atoms with Crippen LogP contribution in [0.4, 0.5) is 0 Å². The van der Waals surface area contributed by atoms with Crippen molar-refractivity contribution in [1.82, 2.24) is 10.2 Å². The first kappa shape index (κ1) is 17.0. The highest BCUT2D eigenvalue weighted by Crippen LogP contribution is 2.12. The van der Waals surface area contributed by atoms with Gasteiger partial charge in [-0.2, -0.15) is 0 Å². The van der Waals surface area contributed by atoms with Gasteiger partial charge in [0.2, 0.25) is 0 Å². The molecule has 4 nitrogen and oxygen atoms in total. The van der Waals surface area contributed by atoms with Crippen LogP contribution in [0.25, 0.3) is 0 Å². The third kappa shape index (κ3) is 6.60. The first-order chi connectivity index (χ1) is 10.9. The van der Waals surface area contributed by atoms with Crippen LogP contribution in [-0.2, 0) is 11.3 Å². The molecule has 0 saturated carbocycles. The van der Waals surface area contributed by atoms with Crippen molar-refractivity contribution in [2.75, 3.05) is 46.0 Å². The molecule has 0 atom stereocenters. The Bertz CT molecular complexity index is 414.